The molecule has 1 amide bonds. The summed E-state index contributed by atoms with van der Waals surface area (Å²) in [5.41, 5.74) is 0.426. The molecule has 2 aromatic rings. The Kier molecular flexibility index (Phi) is 4.71. The van der Waals surface area contributed by atoms with Gasteiger partial charge in [0.05, 0.1) is 17.8 Å². The molecule has 0 fully saturated rings. The Balaban J connectivity index is 2.01. The fourth-order valence-electron chi connectivity index (χ4n) is 1.48. The van der Waals surface area contributed by atoms with Gasteiger partial charge in [-0.05, 0) is 42.5 Å². The summed E-state index contributed by atoms with van der Waals surface area (Å²) < 4.78 is 10.1. The molecule has 0 heterocycles. The van der Waals surface area contributed by atoms with Gasteiger partial charge in [0.2, 0.25) is 0 Å². The van der Waals surface area contributed by atoms with Crippen LogP contribution in [-0.2, 0) is 0 Å². The maximum atomic E-state index is 11.7. The maximum absolute atomic E-state index is 11.7. The van der Waals surface area contributed by atoms with Crippen LogP contribution in [0.25, 0.3) is 0 Å². The highest BCUT2D eigenvalue weighted by atomic mass is 35.5. The molecule has 1 N–H and O–H groups in total. The summed E-state index contributed by atoms with van der Waals surface area (Å²) in [7, 11) is 1.56. The third kappa shape index (κ3) is 3.79. The van der Waals surface area contributed by atoms with Gasteiger partial charge in [-0.15, -0.1) is 0 Å². The van der Waals surface area contributed by atoms with Gasteiger partial charge in [0, 0.05) is 5.02 Å². The van der Waals surface area contributed by atoms with E-state index in [-0.39, 0.29) is 0 Å². The van der Waals surface area contributed by atoms with Crippen LogP contribution in [0.5, 0.6) is 11.5 Å². The Morgan fingerprint density at radius 3 is 2.30 bits per heavy atom. The minimum absolute atomic E-state index is 0.337. The van der Waals surface area contributed by atoms with Gasteiger partial charge in [-0.3, -0.25) is 5.32 Å². The molecule has 0 spiro atoms. The summed E-state index contributed by atoms with van der Waals surface area (Å²) in [5.74, 6) is 1.08. The Labute approximate surface area is 126 Å². The monoisotopic (exact) mass is 311 g/mol. The predicted octanol–water partition coefficient (Wildman–Crippen LogP) is 4.61. The van der Waals surface area contributed by atoms with Crippen LogP contribution in [0.4, 0.5) is 10.5 Å². The molecule has 0 saturated carbocycles. The van der Waals surface area contributed by atoms with Crippen LogP contribution < -0.4 is 14.8 Å². The Morgan fingerprint density at radius 1 is 1.05 bits per heavy atom. The maximum Gasteiger partial charge on any atom is 0.417 e. The van der Waals surface area contributed by atoms with Crippen molar-refractivity contribution in [1.29, 1.82) is 0 Å². The van der Waals surface area contributed by atoms with Gasteiger partial charge in [-0.2, -0.15) is 0 Å². The topological polar surface area (TPSA) is 47.6 Å². The third-order valence-electron chi connectivity index (χ3n) is 2.44. The molecule has 0 aliphatic carbocycles. The zero-order chi connectivity index (χ0) is 14.5. The Bertz CT molecular complexity index is 614. The molecule has 0 atom stereocenters. The van der Waals surface area contributed by atoms with Crippen LogP contribution in [-0.4, -0.2) is 13.2 Å². The second kappa shape index (κ2) is 6.50. The quantitative estimate of drug-likeness (QED) is 0.900. The molecule has 0 aliphatic rings. The molecule has 0 bridgehead atoms. The van der Waals surface area contributed by atoms with Gasteiger partial charge in [0.1, 0.15) is 11.5 Å². The molecular weight excluding hydrogens is 301 g/mol. The lowest BCUT2D eigenvalue weighted by molar-refractivity contribution is 0.215. The molecule has 6 heteroatoms. The summed E-state index contributed by atoms with van der Waals surface area (Å²) in [6.07, 6.45) is -0.639. The summed E-state index contributed by atoms with van der Waals surface area (Å²) >= 11 is 11.7. The number of carbonyl (C=O) groups is 1. The van der Waals surface area contributed by atoms with Crippen molar-refractivity contribution < 1.29 is 14.3 Å². The van der Waals surface area contributed by atoms with Crippen LogP contribution in [0.15, 0.2) is 42.5 Å². The minimum atomic E-state index is -0.639. The number of methoxy groups -OCH3 is 1. The number of nitrogens with one attached hydrogen (secondary N) is 1. The first kappa shape index (κ1) is 14.5. The average molecular weight is 312 g/mol. The standard InChI is InChI=1S/C14H11Cl2NO3/c1-19-10-3-5-11(6-4-10)20-14(18)17-13-7-2-9(15)8-12(13)16/h2-8H,1H3,(H,17,18). The van der Waals surface area contributed by atoms with Crippen LogP contribution in [0.1, 0.15) is 0 Å². The second-order valence-corrected chi connectivity index (χ2v) is 4.66. The molecule has 0 aromatic heterocycles. The van der Waals surface area contributed by atoms with Crippen molar-refractivity contribution in [3.05, 3.63) is 52.5 Å². The lowest BCUT2D eigenvalue weighted by Crippen LogP contribution is -2.16. The molecule has 20 heavy (non-hydrogen) atoms. The first-order valence-corrected chi connectivity index (χ1v) is 6.42. The highest BCUT2D eigenvalue weighted by molar-refractivity contribution is 6.36. The third-order valence-corrected chi connectivity index (χ3v) is 2.99. The van der Waals surface area contributed by atoms with Crippen LogP contribution >= 0.6 is 23.2 Å². The number of hydrogen-bond acceptors (Lipinski definition) is 3. The fraction of sp³-hybridized carbons (Fsp3) is 0.0714. The Morgan fingerprint density at radius 2 is 1.70 bits per heavy atom. The number of rotatable bonds is 3. The molecular formula is C14H11Cl2NO3. The van der Waals surface area contributed by atoms with Crippen molar-refractivity contribution in [3.63, 3.8) is 0 Å². The van der Waals surface area contributed by atoms with Crippen LogP contribution in [0.2, 0.25) is 10.0 Å². The number of carbonyl (C=O) groups excluding carboxylic acids is 1. The average Bonchev–Trinajstić information content (AvgIpc) is 2.43. The normalized spacial score (nSPS) is 9.95. The first-order valence-electron chi connectivity index (χ1n) is 5.66. The van der Waals surface area contributed by atoms with Crippen molar-refractivity contribution in [3.8, 4) is 11.5 Å². The molecule has 0 aliphatic heterocycles. The lowest BCUT2D eigenvalue weighted by Gasteiger charge is -2.08. The van der Waals surface area contributed by atoms with Gasteiger partial charge >= 0.3 is 6.09 Å². The van der Waals surface area contributed by atoms with Crippen molar-refractivity contribution >= 4 is 35.0 Å². The number of ether oxygens (including phenoxy) is 2. The molecule has 0 unspecified atom stereocenters. The highest BCUT2D eigenvalue weighted by Gasteiger charge is 2.08. The first-order chi connectivity index (χ1) is 9.58. The number of hydrogen-bond donors (Lipinski definition) is 1. The van der Waals surface area contributed by atoms with Gasteiger partial charge in [-0.25, -0.2) is 4.79 Å². The van der Waals surface area contributed by atoms with E-state index in [0.29, 0.717) is 27.2 Å². The smallest absolute Gasteiger partial charge is 0.417 e. The highest BCUT2D eigenvalue weighted by Crippen LogP contribution is 2.25. The van der Waals surface area contributed by atoms with E-state index < -0.39 is 6.09 Å². The van der Waals surface area contributed by atoms with Crippen molar-refractivity contribution in [2.45, 2.75) is 0 Å². The summed E-state index contributed by atoms with van der Waals surface area (Å²) in [6, 6.07) is 11.4. The van der Waals surface area contributed by atoms with E-state index in [1.165, 1.54) is 6.07 Å². The molecule has 104 valence electrons. The van der Waals surface area contributed by atoms with Gasteiger partial charge in [0.25, 0.3) is 0 Å². The molecule has 2 rings (SSSR count). The molecule has 4 nitrogen and oxygen atoms in total. The van der Waals surface area contributed by atoms with Crippen molar-refractivity contribution in [1.82, 2.24) is 0 Å². The van der Waals surface area contributed by atoms with E-state index in [9.17, 15) is 4.79 Å². The SMILES string of the molecule is COc1ccc(OC(=O)Nc2ccc(Cl)cc2Cl)cc1. The number of benzene rings is 2. The molecule has 0 radical (unpaired) electrons. The second-order valence-electron chi connectivity index (χ2n) is 3.81. The summed E-state index contributed by atoms with van der Waals surface area (Å²) in [4.78, 5) is 11.7. The van der Waals surface area contributed by atoms with E-state index in [4.69, 9.17) is 32.7 Å². The van der Waals surface area contributed by atoms with Gasteiger partial charge in [0.15, 0.2) is 0 Å². The molecule has 2 aromatic carbocycles. The Hall–Kier alpha value is -1.91. The van der Waals surface area contributed by atoms with E-state index in [1.807, 2.05) is 0 Å². The summed E-state index contributed by atoms with van der Waals surface area (Å²) in [6.45, 7) is 0. The van der Waals surface area contributed by atoms with Crippen LogP contribution in [0, 0.1) is 0 Å². The number of halogens is 2. The van der Waals surface area contributed by atoms with E-state index in [0.717, 1.165) is 0 Å². The van der Waals surface area contributed by atoms with Crippen molar-refractivity contribution in [2.75, 3.05) is 12.4 Å². The van der Waals surface area contributed by atoms with Crippen molar-refractivity contribution in [2.24, 2.45) is 0 Å². The summed E-state index contributed by atoms with van der Waals surface area (Å²) in [5, 5.41) is 3.36. The number of amides is 1. The predicted molar refractivity (Wildman–Crippen MR) is 79.1 cm³/mol. The lowest BCUT2D eigenvalue weighted by atomic mass is 10.3. The number of anilines is 1. The zero-order valence-corrected chi connectivity index (χ0v) is 12.0. The van der Waals surface area contributed by atoms with E-state index in [2.05, 4.69) is 5.32 Å². The zero-order valence-electron chi connectivity index (χ0n) is 10.5. The fourth-order valence-corrected chi connectivity index (χ4v) is 1.93. The minimum Gasteiger partial charge on any atom is -0.497 e. The largest absolute Gasteiger partial charge is 0.497 e. The van der Waals surface area contributed by atoms with Crippen LogP contribution in [0.3, 0.4) is 0 Å². The van der Waals surface area contributed by atoms with Gasteiger partial charge in [-0.1, -0.05) is 23.2 Å². The molecule has 0 saturated heterocycles. The van der Waals surface area contributed by atoms with E-state index >= 15 is 0 Å². The van der Waals surface area contributed by atoms with Gasteiger partial charge < -0.3 is 9.47 Å². The van der Waals surface area contributed by atoms with E-state index in [1.54, 1.807) is 43.5 Å².